The number of rotatable bonds is 37. The maximum absolute atomic E-state index is 12.7. The van der Waals surface area contributed by atoms with Crippen molar-refractivity contribution in [3.8, 4) is 0 Å². The summed E-state index contributed by atoms with van der Waals surface area (Å²) in [7, 11) is 1.40. The number of carbonyl (C=O) groups excluding carboxylic acids is 2. The predicted molar refractivity (Wildman–Crippen MR) is 235 cm³/mol. The molecule has 0 saturated heterocycles. The number of esters is 2. The molecular weight excluding hydrogens is 741 g/mol. The number of allylic oxidation sites excluding steroid dienone is 12. The van der Waals surface area contributed by atoms with Gasteiger partial charge >= 0.3 is 19.8 Å². The van der Waals surface area contributed by atoms with Gasteiger partial charge in [-0.05, 0) is 77.0 Å². The van der Waals surface area contributed by atoms with Gasteiger partial charge in [0.2, 0.25) is 0 Å². The molecule has 57 heavy (non-hydrogen) atoms. The summed E-state index contributed by atoms with van der Waals surface area (Å²) in [5.41, 5.74) is 0. The van der Waals surface area contributed by atoms with Crippen LogP contribution in [-0.4, -0.2) is 86.1 Å². The minimum Gasteiger partial charge on any atom is -0.462 e. The second-order valence-electron chi connectivity index (χ2n) is 15.2. The Morgan fingerprint density at radius 2 is 1.21 bits per heavy atom. The topological polar surface area (TPSA) is 129 Å². The molecule has 0 heterocycles. The molecule has 0 aliphatic rings. The summed E-state index contributed by atoms with van der Waals surface area (Å²) in [6.45, 7) is 4.03. The lowest BCUT2D eigenvalue weighted by Crippen LogP contribution is -2.37. The number of likely N-dealkylation sites (N-methyl/N-ethyl adjacent to an activating group) is 1. The molecule has 2 N–H and O–H groups in total. The van der Waals surface area contributed by atoms with Gasteiger partial charge in [0.25, 0.3) is 0 Å². The normalized spacial score (nSPS) is 15.0. The van der Waals surface area contributed by atoms with E-state index in [2.05, 4.69) is 49.5 Å². The standard InChI is InChI=1S/C46H78NO9P/c1-6-8-10-11-12-13-14-15-16-17-22-25-28-31-34-38-46(50)56-44(42-55-57(51,52)54-40-39-47(3,4)5)41-53-45(49)37-33-30-27-24-21-19-18-20-23-26-29-32-36-43(48)35-9-7-2/h9,12-13,15-16,18-19,23-24,26-27,29,32,35,43-44,48H,6-8,10-11,14,17,20-22,25,28,30-31,33-34,36-42H2,1-5H3/p+1/b13-12-,16-15-,19-18-,26-23-,27-24-,32-29+,35-9-/t43?,44-/m1/s1. The predicted octanol–water partition coefficient (Wildman–Crippen LogP) is 11.0. The van der Waals surface area contributed by atoms with Crippen molar-refractivity contribution in [2.24, 2.45) is 0 Å². The van der Waals surface area contributed by atoms with Crippen molar-refractivity contribution >= 4 is 19.8 Å². The number of ether oxygens (including phenoxy) is 2. The first-order valence-electron chi connectivity index (χ1n) is 21.4. The quantitative estimate of drug-likeness (QED) is 0.0157. The van der Waals surface area contributed by atoms with Gasteiger partial charge in [0.05, 0.1) is 33.9 Å². The SMILES string of the molecule is CC/C=C\C(O)C/C=C/C=C\C/C=C\C/C=C\CCCC(=O)OC[C@H](COP(=O)(O)OCC[N+](C)(C)C)OC(=O)CCCCCCC/C=C\C/C=C\CCCCC. The van der Waals surface area contributed by atoms with Crippen LogP contribution in [0, 0.1) is 0 Å². The summed E-state index contributed by atoms with van der Waals surface area (Å²) in [5.74, 6) is -0.917. The van der Waals surface area contributed by atoms with Crippen LogP contribution in [0.1, 0.15) is 136 Å². The molecule has 0 radical (unpaired) electrons. The van der Waals surface area contributed by atoms with Gasteiger partial charge in [0.15, 0.2) is 6.10 Å². The van der Waals surface area contributed by atoms with Gasteiger partial charge in [-0.2, -0.15) is 0 Å². The average molecular weight is 821 g/mol. The van der Waals surface area contributed by atoms with Crippen LogP contribution in [0.25, 0.3) is 0 Å². The molecule has 0 aliphatic carbocycles. The lowest BCUT2D eigenvalue weighted by atomic mass is 10.1. The average Bonchev–Trinajstić information content (AvgIpc) is 3.16. The van der Waals surface area contributed by atoms with Gasteiger partial charge < -0.3 is 24.0 Å². The number of quaternary nitrogens is 1. The van der Waals surface area contributed by atoms with Crippen LogP contribution in [0.4, 0.5) is 0 Å². The highest BCUT2D eigenvalue weighted by Gasteiger charge is 2.27. The molecule has 0 bridgehead atoms. The number of carbonyl (C=O) groups is 2. The molecule has 0 fully saturated rings. The van der Waals surface area contributed by atoms with Gasteiger partial charge in [-0.1, -0.05) is 131 Å². The van der Waals surface area contributed by atoms with Crippen molar-refractivity contribution in [2.45, 2.75) is 148 Å². The van der Waals surface area contributed by atoms with Crippen LogP contribution < -0.4 is 0 Å². The van der Waals surface area contributed by atoms with E-state index in [1.807, 2.05) is 70.6 Å². The van der Waals surface area contributed by atoms with E-state index < -0.39 is 38.6 Å². The third-order valence-corrected chi connectivity index (χ3v) is 9.47. The summed E-state index contributed by atoms with van der Waals surface area (Å²) in [4.78, 5) is 35.3. The van der Waals surface area contributed by atoms with Crippen molar-refractivity contribution in [1.82, 2.24) is 0 Å². The lowest BCUT2D eigenvalue weighted by Gasteiger charge is -2.24. The fourth-order valence-corrected chi connectivity index (χ4v) is 5.84. The number of unbranched alkanes of at least 4 members (excludes halogenated alkanes) is 9. The summed E-state index contributed by atoms with van der Waals surface area (Å²) >= 11 is 0. The van der Waals surface area contributed by atoms with Gasteiger partial charge in [-0.3, -0.25) is 18.6 Å². The third kappa shape index (κ3) is 41.1. The Morgan fingerprint density at radius 3 is 1.86 bits per heavy atom. The van der Waals surface area contributed by atoms with E-state index in [1.165, 1.54) is 19.3 Å². The van der Waals surface area contributed by atoms with Crippen molar-refractivity contribution in [3.63, 3.8) is 0 Å². The molecule has 326 valence electrons. The number of phosphoric ester groups is 1. The van der Waals surface area contributed by atoms with E-state index >= 15 is 0 Å². The summed E-state index contributed by atoms with van der Waals surface area (Å²) in [6, 6.07) is 0. The molecule has 2 unspecified atom stereocenters. The minimum atomic E-state index is -4.40. The Kier molecular flexibility index (Phi) is 35.6. The third-order valence-electron chi connectivity index (χ3n) is 8.48. The second-order valence-corrected chi connectivity index (χ2v) is 16.6. The molecule has 0 aromatic rings. The van der Waals surface area contributed by atoms with E-state index in [0.29, 0.717) is 36.7 Å². The van der Waals surface area contributed by atoms with Gasteiger partial charge in [-0.25, -0.2) is 4.57 Å². The Morgan fingerprint density at radius 1 is 0.649 bits per heavy atom. The van der Waals surface area contributed by atoms with Crippen LogP contribution in [0.5, 0.6) is 0 Å². The highest BCUT2D eigenvalue weighted by atomic mass is 31.2. The number of aliphatic hydroxyl groups excluding tert-OH is 1. The summed E-state index contributed by atoms with van der Waals surface area (Å²) in [6.07, 6.45) is 44.1. The van der Waals surface area contributed by atoms with E-state index in [1.54, 1.807) is 0 Å². The van der Waals surface area contributed by atoms with Crippen molar-refractivity contribution in [3.05, 3.63) is 85.1 Å². The zero-order valence-corrected chi connectivity index (χ0v) is 37.0. The number of aliphatic hydroxyl groups is 1. The van der Waals surface area contributed by atoms with E-state index in [0.717, 1.165) is 64.2 Å². The minimum absolute atomic E-state index is 0.00821. The molecule has 0 spiro atoms. The van der Waals surface area contributed by atoms with E-state index in [-0.39, 0.29) is 26.1 Å². The first-order valence-corrected chi connectivity index (χ1v) is 22.9. The number of hydrogen-bond donors (Lipinski definition) is 2. The first-order chi connectivity index (χ1) is 27.4. The largest absolute Gasteiger partial charge is 0.472 e. The Bertz CT molecular complexity index is 1260. The Balaban J connectivity index is 4.55. The summed E-state index contributed by atoms with van der Waals surface area (Å²) < 4.78 is 34.2. The van der Waals surface area contributed by atoms with Crippen molar-refractivity contribution in [1.29, 1.82) is 0 Å². The second kappa shape index (κ2) is 37.4. The van der Waals surface area contributed by atoms with Crippen LogP contribution >= 0.6 is 7.82 Å². The fraction of sp³-hybridized carbons (Fsp3) is 0.652. The molecule has 0 saturated carbocycles. The maximum atomic E-state index is 12.7. The van der Waals surface area contributed by atoms with Crippen LogP contribution in [0.3, 0.4) is 0 Å². The van der Waals surface area contributed by atoms with Crippen LogP contribution in [0.15, 0.2) is 85.1 Å². The molecule has 11 heteroatoms. The highest BCUT2D eigenvalue weighted by molar-refractivity contribution is 7.47. The molecule has 10 nitrogen and oxygen atoms in total. The van der Waals surface area contributed by atoms with Gasteiger partial charge in [0.1, 0.15) is 19.8 Å². The number of nitrogens with zero attached hydrogens (tertiary/aromatic N) is 1. The Hall–Kier alpha value is -2.85. The molecule has 0 amide bonds. The molecule has 0 aliphatic heterocycles. The molecular formula is C46H79NO9P+. The number of hydrogen-bond acceptors (Lipinski definition) is 8. The van der Waals surface area contributed by atoms with E-state index in [4.69, 9.17) is 18.5 Å². The van der Waals surface area contributed by atoms with Crippen LogP contribution in [-0.2, 0) is 32.7 Å². The zero-order valence-electron chi connectivity index (χ0n) is 36.1. The smallest absolute Gasteiger partial charge is 0.462 e. The highest BCUT2D eigenvalue weighted by Crippen LogP contribution is 2.43. The number of phosphoric acid groups is 1. The monoisotopic (exact) mass is 821 g/mol. The molecule has 0 rings (SSSR count). The van der Waals surface area contributed by atoms with E-state index in [9.17, 15) is 24.2 Å². The summed E-state index contributed by atoms with van der Waals surface area (Å²) in [5, 5.41) is 9.77. The van der Waals surface area contributed by atoms with Crippen molar-refractivity contribution < 1.29 is 47.2 Å². The first kappa shape index (κ1) is 54.2. The fourth-order valence-electron chi connectivity index (χ4n) is 5.10. The van der Waals surface area contributed by atoms with Gasteiger partial charge in [0, 0.05) is 12.8 Å². The lowest BCUT2D eigenvalue weighted by molar-refractivity contribution is -0.870. The zero-order chi connectivity index (χ0) is 42.3. The van der Waals surface area contributed by atoms with Crippen LogP contribution in [0.2, 0.25) is 0 Å². The Labute approximate surface area is 346 Å². The maximum Gasteiger partial charge on any atom is 0.472 e. The molecule has 3 atom stereocenters. The van der Waals surface area contributed by atoms with Gasteiger partial charge in [-0.15, -0.1) is 0 Å². The van der Waals surface area contributed by atoms with Crippen molar-refractivity contribution in [2.75, 3.05) is 47.5 Å². The molecule has 0 aromatic heterocycles. The molecule has 0 aromatic carbocycles.